The van der Waals surface area contributed by atoms with E-state index in [1.165, 1.54) is 18.5 Å². The second kappa shape index (κ2) is 7.21. The largest absolute Gasteiger partial charge is 0.342 e. The second-order valence-electron chi connectivity index (χ2n) is 7.07. The standard InChI is InChI=1S/C20H18FN7O2/c1-13-16(20-22-12-30-25-20)9-23-27(13)11-19(29)26-8-2-3-17-18(26)10-24-28(17)15-6-4-14(21)5-7-15/h4-7,9-10,12H,2-3,8,11H2,1H3. The van der Waals surface area contributed by atoms with Gasteiger partial charge in [0, 0.05) is 12.2 Å². The molecule has 30 heavy (non-hydrogen) atoms. The number of carbonyl (C=O) groups excluding carboxylic acids is 1. The zero-order valence-corrected chi connectivity index (χ0v) is 16.2. The van der Waals surface area contributed by atoms with Crippen molar-refractivity contribution in [2.45, 2.75) is 26.3 Å². The van der Waals surface area contributed by atoms with Gasteiger partial charge in [0.1, 0.15) is 12.4 Å². The molecule has 0 unspecified atom stereocenters. The van der Waals surface area contributed by atoms with Gasteiger partial charge < -0.3 is 9.42 Å². The van der Waals surface area contributed by atoms with Crippen LogP contribution in [0.15, 0.2) is 47.6 Å². The number of nitrogens with zero attached hydrogens (tertiary/aromatic N) is 7. The first kappa shape index (κ1) is 18.2. The minimum Gasteiger partial charge on any atom is -0.342 e. The van der Waals surface area contributed by atoms with E-state index in [2.05, 4.69) is 20.3 Å². The fraction of sp³-hybridized carbons (Fsp3) is 0.250. The van der Waals surface area contributed by atoms with Crippen molar-refractivity contribution < 1.29 is 13.7 Å². The summed E-state index contributed by atoms with van der Waals surface area (Å²) in [5, 5.41) is 12.6. The highest BCUT2D eigenvalue weighted by Crippen LogP contribution is 2.29. The molecular weight excluding hydrogens is 389 g/mol. The van der Waals surface area contributed by atoms with Crippen molar-refractivity contribution in [3.8, 4) is 17.1 Å². The maximum atomic E-state index is 13.3. The Hall–Kier alpha value is -3.82. The molecule has 5 rings (SSSR count). The Kier molecular flexibility index (Phi) is 4.38. The van der Waals surface area contributed by atoms with Gasteiger partial charge in [0.25, 0.3) is 0 Å². The van der Waals surface area contributed by atoms with Gasteiger partial charge >= 0.3 is 0 Å². The zero-order chi connectivity index (χ0) is 20.7. The van der Waals surface area contributed by atoms with Gasteiger partial charge in [-0.2, -0.15) is 15.2 Å². The summed E-state index contributed by atoms with van der Waals surface area (Å²) < 4.78 is 21.5. The molecule has 4 heterocycles. The van der Waals surface area contributed by atoms with Crippen LogP contribution < -0.4 is 4.90 Å². The molecule has 152 valence electrons. The molecule has 0 fully saturated rings. The first-order valence-corrected chi connectivity index (χ1v) is 9.54. The lowest BCUT2D eigenvalue weighted by Crippen LogP contribution is -2.38. The molecular formula is C20H18FN7O2. The van der Waals surface area contributed by atoms with Crippen LogP contribution in [0.4, 0.5) is 10.1 Å². The minimum atomic E-state index is -0.300. The van der Waals surface area contributed by atoms with Crippen LogP contribution in [0, 0.1) is 12.7 Å². The van der Waals surface area contributed by atoms with Gasteiger partial charge in [-0.1, -0.05) is 5.16 Å². The Morgan fingerprint density at radius 3 is 2.80 bits per heavy atom. The van der Waals surface area contributed by atoms with Crippen LogP contribution in [0.2, 0.25) is 0 Å². The molecule has 1 amide bonds. The van der Waals surface area contributed by atoms with E-state index in [-0.39, 0.29) is 18.3 Å². The predicted molar refractivity (Wildman–Crippen MR) is 104 cm³/mol. The van der Waals surface area contributed by atoms with E-state index in [1.807, 2.05) is 6.92 Å². The highest BCUT2D eigenvalue weighted by molar-refractivity contribution is 5.94. The fourth-order valence-corrected chi connectivity index (χ4v) is 3.74. The van der Waals surface area contributed by atoms with Crippen molar-refractivity contribution in [1.82, 2.24) is 29.7 Å². The summed E-state index contributed by atoms with van der Waals surface area (Å²) in [6.07, 6.45) is 6.18. The minimum absolute atomic E-state index is 0.0829. The quantitative estimate of drug-likeness (QED) is 0.516. The molecule has 1 aromatic carbocycles. The van der Waals surface area contributed by atoms with Crippen molar-refractivity contribution in [1.29, 1.82) is 0 Å². The summed E-state index contributed by atoms with van der Waals surface area (Å²) in [6, 6.07) is 6.15. The lowest BCUT2D eigenvalue weighted by Gasteiger charge is -2.27. The lowest BCUT2D eigenvalue weighted by atomic mass is 10.1. The molecule has 0 saturated carbocycles. The monoisotopic (exact) mass is 407 g/mol. The molecule has 0 atom stereocenters. The Morgan fingerprint density at radius 1 is 1.20 bits per heavy atom. The molecule has 10 heteroatoms. The molecule has 0 bridgehead atoms. The third-order valence-electron chi connectivity index (χ3n) is 5.30. The zero-order valence-electron chi connectivity index (χ0n) is 16.2. The SMILES string of the molecule is Cc1c(-c2ncon2)cnn1CC(=O)N1CCCc2c1cnn2-c1ccc(F)cc1. The third-order valence-corrected chi connectivity index (χ3v) is 5.30. The van der Waals surface area contributed by atoms with E-state index in [4.69, 9.17) is 4.52 Å². The number of halogens is 1. The van der Waals surface area contributed by atoms with E-state index in [9.17, 15) is 9.18 Å². The summed E-state index contributed by atoms with van der Waals surface area (Å²) >= 11 is 0. The van der Waals surface area contributed by atoms with Crippen LogP contribution in [-0.2, 0) is 17.8 Å². The summed E-state index contributed by atoms with van der Waals surface area (Å²) in [6.45, 7) is 2.56. The van der Waals surface area contributed by atoms with Gasteiger partial charge in [0.15, 0.2) is 0 Å². The maximum Gasteiger partial charge on any atom is 0.248 e. The van der Waals surface area contributed by atoms with Gasteiger partial charge in [-0.25, -0.2) is 9.07 Å². The number of benzene rings is 1. The van der Waals surface area contributed by atoms with Crippen LogP contribution in [-0.4, -0.2) is 42.2 Å². The van der Waals surface area contributed by atoms with Gasteiger partial charge in [-0.3, -0.25) is 9.48 Å². The average Bonchev–Trinajstić information content (AvgIpc) is 3.49. The number of fused-ring (bicyclic) bond motifs is 1. The highest BCUT2D eigenvalue weighted by atomic mass is 19.1. The van der Waals surface area contributed by atoms with Gasteiger partial charge in [0.2, 0.25) is 18.1 Å². The molecule has 3 aromatic heterocycles. The molecule has 9 nitrogen and oxygen atoms in total. The topological polar surface area (TPSA) is 94.9 Å². The highest BCUT2D eigenvalue weighted by Gasteiger charge is 2.27. The predicted octanol–water partition coefficient (Wildman–Crippen LogP) is 2.55. The van der Waals surface area contributed by atoms with Crippen LogP contribution in [0.3, 0.4) is 0 Å². The smallest absolute Gasteiger partial charge is 0.248 e. The fourth-order valence-electron chi connectivity index (χ4n) is 3.74. The van der Waals surface area contributed by atoms with E-state index in [0.717, 1.165) is 41.2 Å². The Labute approximate surface area is 170 Å². The molecule has 0 N–H and O–H groups in total. The van der Waals surface area contributed by atoms with Gasteiger partial charge in [-0.05, 0) is 44.0 Å². The molecule has 0 saturated heterocycles. The summed E-state index contributed by atoms with van der Waals surface area (Å²) in [5.41, 5.74) is 3.98. The Morgan fingerprint density at radius 2 is 2.03 bits per heavy atom. The first-order valence-electron chi connectivity index (χ1n) is 9.54. The summed E-state index contributed by atoms with van der Waals surface area (Å²) in [7, 11) is 0. The lowest BCUT2D eigenvalue weighted by molar-refractivity contribution is -0.119. The molecule has 1 aliphatic rings. The molecule has 0 radical (unpaired) electrons. The molecule has 0 spiro atoms. The molecule has 0 aliphatic carbocycles. The number of hydrogen-bond acceptors (Lipinski definition) is 6. The van der Waals surface area contributed by atoms with Crippen LogP contribution in [0.5, 0.6) is 0 Å². The number of anilines is 1. The number of rotatable bonds is 4. The summed E-state index contributed by atoms with van der Waals surface area (Å²) in [4.78, 5) is 18.9. The number of amides is 1. The van der Waals surface area contributed by atoms with Crippen LogP contribution in [0.25, 0.3) is 17.1 Å². The van der Waals surface area contributed by atoms with E-state index in [0.29, 0.717) is 12.4 Å². The number of hydrogen-bond donors (Lipinski definition) is 0. The van der Waals surface area contributed by atoms with Gasteiger partial charge in [-0.15, -0.1) is 0 Å². The van der Waals surface area contributed by atoms with Crippen molar-refractivity contribution in [3.05, 3.63) is 60.3 Å². The number of aromatic nitrogens is 6. The average molecular weight is 407 g/mol. The second-order valence-corrected chi connectivity index (χ2v) is 7.07. The first-order chi connectivity index (χ1) is 14.6. The Bertz CT molecular complexity index is 1190. The summed E-state index contributed by atoms with van der Waals surface area (Å²) in [5.74, 6) is 0.0545. The van der Waals surface area contributed by atoms with Crippen molar-refractivity contribution in [2.75, 3.05) is 11.4 Å². The van der Waals surface area contributed by atoms with Crippen molar-refractivity contribution >= 4 is 11.6 Å². The van der Waals surface area contributed by atoms with E-state index < -0.39 is 0 Å². The number of carbonyl (C=O) groups is 1. The molecule has 1 aliphatic heterocycles. The van der Waals surface area contributed by atoms with Crippen molar-refractivity contribution in [3.63, 3.8) is 0 Å². The molecule has 4 aromatic rings. The Balaban J connectivity index is 1.40. The van der Waals surface area contributed by atoms with E-state index >= 15 is 0 Å². The van der Waals surface area contributed by atoms with E-state index in [1.54, 1.807) is 38.8 Å². The maximum absolute atomic E-state index is 13.3. The van der Waals surface area contributed by atoms with Gasteiger partial charge in [0.05, 0.1) is 35.0 Å². The normalized spacial score (nSPS) is 13.5. The van der Waals surface area contributed by atoms with Crippen LogP contribution >= 0.6 is 0 Å². The van der Waals surface area contributed by atoms with Crippen molar-refractivity contribution in [2.24, 2.45) is 0 Å². The third kappa shape index (κ3) is 3.06. The van der Waals surface area contributed by atoms with Crippen LogP contribution in [0.1, 0.15) is 17.8 Å².